The lowest BCUT2D eigenvalue weighted by Crippen LogP contribution is -2.31. The Balaban J connectivity index is 1.47. The van der Waals surface area contributed by atoms with E-state index in [0.29, 0.717) is 17.7 Å². The van der Waals surface area contributed by atoms with Gasteiger partial charge in [-0.2, -0.15) is 0 Å². The second-order valence-corrected chi connectivity index (χ2v) is 6.15. The Morgan fingerprint density at radius 1 is 1.26 bits per heavy atom. The number of H-pyrrole nitrogens is 1. The van der Waals surface area contributed by atoms with Gasteiger partial charge in [0.15, 0.2) is 0 Å². The maximum absolute atomic E-state index is 12.0. The van der Waals surface area contributed by atoms with Gasteiger partial charge in [-0.25, -0.2) is 4.98 Å². The molecule has 0 aromatic carbocycles. The molecule has 0 bridgehead atoms. The second-order valence-electron chi connectivity index (χ2n) is 6.15. The lowest BCUT2D eigenvalue weighted by atomic mass is 9.83. The first-order valence-corrected chi connectivity index (χ1v) is 7.43. The Morgan fingerprint density at radius 2 is 2.00 bits per heavy atom. The molecule has 1 aromatic heterocycles. The molecule has 0 radical (unpaired) electrons. The number of carbonyl (C=O) groups excluding carboxylic acids is 1. The Morgan fingerprint density at radius 3 is 2.68 bits per heavy atom. The van der Waals surface area contributed by atoms with Gasteiger partial charge < -0.3 is 5.32 Å². The van der Waals surface area contributed by atoms with Gasteiger partial charge in [-0.1, -0.05) is 19.8 Å². The van der Waals surface area contributed by atoms with Crippen molar-refractivity contribution in [2.75, 3.05) is 6.54 Å². The predicted molar refractivity (Wildman–Crippen MR) is 71.8 cm³/mol. The van der Waals surface area contributed by atoms with Crippen LogP contribution in [0, 0.1) is 11.8 Å². The van der Waals surface area contributed by atoms with Gasteiger partial charge in [0.2, 0.25) is 5.82 Å². The van der Waals surface area contributed by atoms with Crippen LogP contribution in [0.5, 0.6) is 0 Å². The summed E-state index contributed by atoms with van der Waals surface area (Å²) in [6, 6.07) is 0. The van der Waals surface area contributed by atoms with Crippen LogP contribution in [0.3, 0.4) is 0 Å². The third-order valence-corrected chi connectivity index (χ3v) is 4.36. The van der Waals surface area contributed by atoms with Crippen molar-refractivity contribution in [1.82, 2.24) is 20.5 Å². The van der Waals surface area contributed by atoms with Gasteiger partial charge >= 0.3 is 0 Å². The molecule has 0 unspecified atom stereocenters. The smallest absolute Gasteiger partial charge is 0.290 e. The molecule has 1 aromatic rings. The van der Waals surface area contributed by atoms with E-state index in [2.05, 4.69) is 27.4 Å². The number of hydrogen-bond donors (Lipinski definition) is 2. The highest BCUT2D eigenvalue weighted by atomic mass is 16.2. The average molecular weight is 262 g/mol. The molecule has 0 atom stereocenters. The molecule has 2 fully saturated rings. The molecule has 0 saturated heterocycles. The van der Waals surface area contributed by atoms with Crippen molar-refractivity contribution in [2.45, 2.75) is 51.4 Å². The van der Waals surface area contributed by atoms with Gasteiger partial charge in [0.1, 0.15) is 5.82 Å². The first-order chi connectivity index (χ1) is 9.22. The van der Waals surface area contributed by atoms with Crippen molar-refractivity contribution in [1.29, 1.82) is 0 Å². The van der Waals surface area contributed by atoms with Gasteiger partial charge in [-0.3, -0.25) is 9.89 Å². The van der Waals surface area contributed by atoms with Crippen molar-refractivity contribution < 1.29 is 4.79 Å². The van der Waals surface area contributed by atoms with Gasteiger partial charge in [0.05, 0.1) is 0 Å². The molecule has 0 aliphatic heterocycles. The highest BCUT2D eigenvalue weighted by molar-refractivity contribution is 5.90. The van der Waals surface area contributed by atoms with Gasteiger partial charge in [-0.15, -0.1) is 5.10 Å². The number of aromatic amines is 1. The van der Waals surface area contributed by atoms with Crippen LogP contribution in [-0.4, -0.2) is 27.6 Å². The lowest BCUT2D eigenvalue weighted by molar-refractivity contribution is 0.0932. The van der Waals surface area contributed by atoms with Crippen LogP contribution >= 0.6 is 0 Å². The Kier molecular flexibility index (Phi) is 3.53. The zero-order valence-electron chi connectivity index (χ0n) is 11.5. The molecule has 3 rings (SSSR count). The number of hydrogen-bond acceptors (Lipinski definition) is 3. The van der Waals surface area contributed by atoms with E-state index >= 15 is 0 Å². The summed E-state index contributed by atoms with van der Waals surface area (Å²) < 4.78 is 0. The van der Waals surface area contributed by atoms with Crippen LogP contribution < -0.4 is 5.32 Å². The number of rotatable bonds is 4. The van der Waals surface area contributed by atoms with Gasteiger partial charge in [-0.05, 0) is 37.5 Å². The van der Waals surface area contributed by atoms with E-state index in [1.165, 1.54) is 25.7 Å². The minimum absolute atomic E-state index is 0.137. The zero-order chi connectivity index (χ0) is 13.2. The SMILES string of the molecule is CC1CCC(CNC(=O)c2n[nH]c(C3CC3)n2)CC1. The normalized spacial score (nSPS) is 27.2. The number of aromatic nitrogens is 3. The number of nitrogens with zero attached hydrogens (tertiary/aromatic N) is 2. The fraction of sp³-hybridized carbons (Fsp3) is 0.786. The van der Waals surface area contributed by atoms with E-state index in [1.807, 2.05) is 0 Å². The van der Waals surface area contributed by atoms with Crippen LogP contribution in [0.25, 0.3) is 0 Å². The molecular formula is C14H22N4O. The Bertz CT molecular complexity index is 444. The van der Waals surface area contributed by atoms with Crippen LogP contribution in [0.1, 0.15) is 67.8 Å². The highest BCUT2D eigenvalue weighted by Crippen LogP contribution is 2.37. The fourth-order valence-corrected chi connectivity index (χ4v) is 2.76. The van der Waals surface area contributed by atoms with Gasteiger partial charge in [0, 0.05) is 12.5 Å². The minimum atomic E-state index is -0.137. The van der Waals surface area contributed by atoms with Crippen molar-refractivity contribution in [3.8, 4) is 0 Å². The molecular weight excluding hydrogens is 240 g/mol. The van der Waals surface area contributed by atoms with Crippen molar-refractivity contribution in [3.05, 3.63) is 11.6 Å². The largest absolute Gasteiger partial charge is 0.349 e. The zero-order valence-corrected chi connectivity index (χ0v) is 11.5. The molecule has 5 heteroatoms. The van der Waals surface area contributed by atoms with E-state index in [1.54, 1.807) is 0 Å². The summed E-state index contributed by atoms with van der Waals surface area (Å²) in [4.78, 5) is 16.2. The number of amides is 1. The van der Waals surface area contributed by atoms with Crippen LogP contribution in [-0.2, 0) is 0 Å². The molecule has 0 spiro atoms. The first-order valence-electron chi connectivity index (χ1n) is 7.43. The average Bonchev–Trinajstić information content (AvgIpc) is 3.15. The maximum atomic E-state index is 12.0. The molecule has 1 heterocycles. The van der Waals surface area contributed by atoms with E-state index in [9.17, 15) is 4.79 Å². The summed E-state index contributed by atoms with van der Waals surface area (Å²) in [6.07, 6.45) is 7.35. The van der Waals surface area contributed by atoms with E-state index in [-0.39, 0.29) is 5.91 Å². The minimum Gasteiger partial charge on any atom is -0.349 e. The Hall–Kier alpha value is -1.39. The molecule has 5 nitrogen and oxygen atoms in total. The number of nitrogens with one attached hydrogen (secondary N) is 2. The van der Waals surface area contributed by atoms with Crippen LogP contribution in [0.2, 0.25) is 0 Å². The molecule has 19 heavy (non-hydrogen) atoms. The molecule has 104 valence electrons. The number of carbonyl (C=O) groups is 1. The molecule has 2 N–H and O–H groups in total. The third-order valence-electron chi connectivity index (χ3n) is 4.36. The molecule has 1 amide bonds. The summed E-state index contributed by atoms with van der Waals surface area (Å²) in [6.45, 7) is 3.07. The third kappa shape index (κ3) is 3.14. The van der Waals surface area contributed by atoms with Crippen molar-refractivity contribution >= 4 is 5.91 Å². The van der Waals surface area contributed by atoms with E-state index in [4.69, 9.17) is 0 Å². The lowest BCUT2D eigenvalue weighted by Gasteiger charge is -2.25. The van der Waals surface area contributed by atoms with Crippen molar-refractivity contribution in [2.24, 2.45) is 11.8 Å². The maximum Gasteiger partial charge on any atom is 0.290 e. The molecule has 2 aliphatic rings. The van der Waals surface area contributed by atoms with Crippen LogP contribution in [0.4, 0.5) is 0 Å². The van der Waals surface area contributed by atoms with E-state index in [0.717, 1.165) is 31.1 Å². The summed E-state index contributed by atoms with van der Waals surface area (Å²) in [5.41, 5.74) is 0. The molecule has 2 saturated carbocycles. The standard InChI is InChI=1S/C14H22N4O/c1-9-2-4-10(5-3-9)8-15-14(19)13-16-12(17-18-13)11-6-7-11/h9-11H,2-8H2,1H3,(H,15,19)(H,16,17,18). The van der Waals surface area contributed by atoms with Crippen LogP contribution in [0.15, 0.2) is 0 Å². The van der Waals surface area contributed by atoms with E-state index < -0.39 is 0 Å². The summed E-state index contributed by atoms with van der Waals surface area (Å²) in [5.74, 6) is 3.02. The summed E-state index contributed by atoms with van der Waals surface area (Å²) >= 11 is 0. The first kappa shape index (κ1) is 12.6. The highest BCUT2D eigenvalue weighted by Gasteiger charge is 2.28. The predicted octanol–water partition coefficient (Wildman–Crippen LogP) is 2.24. The van der Waals surface area contributed by atoms with Crippen molar-refractivity contribution in [3.63, 3.8) is 0 Å². The summed E-state index contributed by atoms with van der Waals surface area (Å²) in [7, 11) is 0. The quantitative estimate of drug-likeness (QED) is 0.874. The fourth-order valence-electron chi connectivity index (χ4n) is 2.76. The summed E-state index contributed by atoms with van der Waals surface area (Å²) in [5, 5.41) is 9.85. The second kappa shape index (κ2) is 5.31. The topological polar surface area (TPSA) is 70.7 Å². The molecule has 2 aliphatic carbocycles. The monoisotopic (exact) mass is 262 g/mol. The van der Waals surface area contributed by atoms with Gasteiger partial charge in [0.25, 0.3) is 5.91 Å². The Labute approximate surface area is 113 Å².